The minimum absolute atomic E-state index is 1.13. The lowest BCUT2D eigenvalue weighted by Crippen LogP contribution is -2.45. The number of rotatable bonds is 12. The van der Waals surface area contributed by atoms with E-state index < -0.39 is 0 Å². The van der Waals surface area contributed by atoms with E-state index in [0.29, 0.717) is 0 Å². The molecule has 0 spiro atoms. The van der Waals surface area contributed by atoms with E-state index in [1.165, 1.54) is 68.9 Å². The lowest BCUT2D eigenvalue weighted by Gasteiger charge is -2.33. The Bertz CT molecular complexity index is 176. The van der Waals surface area contributed by atoms with Crippen LogP contribution in [0.5, 0.6) is 0 Å². The van der Waals surface area contributed by atoms with Crippen molar-refractivity contribution in [1.29, 1.82) is 0 Å². The predicted molar refractivity (Wildman–Crippen MR) is 79.3 cm³/mol. The Morgan fingerprint density at radius 3 is 1.94 bits per heavy atom. The molecule has 102 valence electrons. The number of unbranched alkanes of at least 4 members (excludes halogenated alkanes) is 6. The third-order valence-electron chi connectivity index (χ3n) is 3.67. The molecular weight excluding hydrogens is 206 g/mol. The van der Waals surface area contributed by atoms with E-state index in [1.807, 2.05) is 0 Å². The molecule has 0 amide bonds. The van der Waals surface area contributed by atoms with Crippen LogP contribution < -0.4 is 0 Å². The topological polar surface area (TPSA) is 0 Å². The molecule has 17 heavy (non-hydrogen) atoms. The van der Waals surface area contributed by atoms with Crippen molar-refractivity contribution < 1.29 is 4.48 Å². The normalized spacial score (nSPS) is 14.5. The first-order chi connectivity index (χ1) is 8.18. The van der Waals surface area contributed by atoms with Crippen LogP contribution >= 0.6 is 0 Å². The van der Waals surface area contributed by atoms with Crippen molar-refractivity contribution in [2.45, 2.75) is 65.2 Å². The smallest absolute Gasteiger partial charge is 0.0969 e. The van der Waals surface area contributed by atoms with Gasteiger partial charge in [-0.05, 0) is 25.3 Å². The van der Waals surface area contributed by atoms with Crippen LogP contribution in [-0.2, 0) is 0 Å². The van der Waals surface area contributed by atoms with Gasteiger partial charge < -0.3 is 4.48 Å². The van der Waals surface area contributed by atoms with Gasteiger partial charge >= 0.3 is 0 Å². The Morgan fingerprint density at radius 2 is 1.35 bits per heavy atom. The molecule has 0 bridgehead atoms. The van der Waals surface area contributed by atoms with Gasteiger partial charge in [0.15, 0.2) is 0 Å². The number of hydrogen-bond acceptors (Lipinski definition) is 0. The highest BCUT2D eigenvalue weighted by Gasteiger charge is 2.17. The second-order valence-electron chi connectivity index (χ2n) is 5.66. The number of hydrogen-bond donors (Lipinski definition) is 0. The quantitative estimate of drug-likeness (QED) is 0.262. The number of quaternary nitrogens is 1. The van der Waals surface area contributed by atoms with Crippen LogP contribution in [0.1, 0.15) is 65.2 Å². The first kappa shape index (κ1) is 16.7. The third-order valence-corrected chi connectivity index (χ3v) is 3.67. The van der Waals surface area contributed by atoms with Crippen LogP contribution in [0, 0.1) is 0 Å². The molecule has 0 radical (unpaired) electrons. The molecular formula is C16H34N+. The maximum absolute atomic E-state index is 3.91. The van der Waals surface area contributed by atoms with Crippen molar-refractivity contribution in [1.82, 2.24) is 0 Å². The minimum atomic E-state index is 1.13. The van der Waals surface area contributed by atoms with Gasteiger partial charge in [0.25, 0.3) is 0 Å². The van der Waals surface area contributed by atoms with E-state index >= 15 is 0 Å². The highest BCUT2D eigenvalue weighted by molar-refractivity contribution is 4.65. The molecule has 0 rings (SSSR count). The summed E-state index contributed by atoms with van der Waals surface area (Å²) >= 11 is 0. The van der Waals surface area contributed by atoms with Crippen LogP contribution in [0.2, 0.25) is 0 Å². The largest absolute Gasteiger partial charge is 0.323 e. The van der Waals surface area contributed by atoms with Crippen LogP contribution in [0.4, 0.5) is 0 Å². The van der Waals surface area contributed by atoms with Crippen molar-refractivity contribution in [2.75, 3.05) is 26.7 Å². The van der Waals surface area contributed by atoms with E-state index in [1.54, 1.807) is 0 Å². The monoisotopic (exact) mass is 240 g/mol. The number of nitrogens with zero attached hydrogens (tertiary/aromatic N) is 1. The fraction of sp³-hybridized carbons (Fsp3) is 0.875. The molecule has 1 unspecified atom stereocenters. The average molecular weight is 240 g/mol. The van der Waals surface area contributed by atoms with Gasteiger partial charge in [0.05, 0.1) is 26.7 Å². The molecule has 0 aromatic heterocycles. The van der Waals surface area contributed by atoms with E-state index in [4.69, 9.17) is 0 Å². The van der Waals surface area contributed by atoms with E-state index in [2.05, 4.69) is 33.6 Å². The Hall–Kier alpha value is -0.300. The first-order valence-electron chi connectivity index (χ1n) is 7.63. The molecule has 0 aliphatic rings. The SMILES string of the molecule is C=CC[N+](C)(CCCC)CCCCCCCC. The van der Waals surface area contributed by atoms with Gasteiger partial charge in [0.2, 0.25) is 0 Å². The van der Waals surface area contributed by atoms with Crippen LogP contribution in [0.3, 0.4) is 0 Å². The molecule has 0 aliphatic heterocycles. The molecule has 0 saturated carbocycles. The third kappa shape index (κ3) is 9.41. The van der Waals surface area contributed by atoms with Crippen molar-refractivity contribution in [3.8, 4) is 0 Å². The highest BCUT2D eigenvalue weighted by atomic mass is 15.3. The summed E-state index contributed by atoms with van der Waals surface area (Å²) in [7, 11) is 2.39. The fourth-order valence-corrected chi connectivity index (χ4v) is 2.42. The summed E-state index contributed by atoms with van der Waals surface area (Å²) in [5.74, 6) is 0. The lowest BCUT2D eigenvalue weighted by atomic mass is 10.1. The minimum Gasteiger partial charge on any atom is -0.323 e. The van der Waals surface area contributed by atoms with Crippen molar-refractivity contribution in [3.63, 3.8) is 0 Å². The van der Waals surface area contributed by atoms with E-state index in [9.17, 15) is 0 Å². The Kier molecular flexibility index (Phi) is 10.6. The van der Waals surface area contributed by atoms with Gasteiger partial charge in [-0.1, -0.05) is 52.5 Å². The predicted octanol–water partition coefficient (Wildman–Crippen LogP) is 4.78. The van der Waals surface area contributed by atoms with Crippen molar-refractivity contribution >= 4 is 0 Å². The molecule has 0 heterocycles. The van der Waals surface area contributed by atoms with E-state index in [0.717, 1.165) is 6.54 Å². The molecule has 1 atom stereocenters. The summed E-state index contributed by atoms with van der Waals surface area (Å²) < 4.78 is 1.20. The zero-order chi connectivity index (χ0) is 13.0. The van der Waals surface area contributed by atoms with Gasteiger partial charge in [-0.3, -0.25) is 0 Å². The van der Waals surface area contributed by atoms with Crippen LogP contribution in [0.15, 0.2) is 12.7 Å². The van der Waals surface area contributed by atoms with Crippen molar-refractivity contribution in [2.24, 2.45) is 0 Å². The van der Waals surface area contributed by atoms with Gasteiger partial charge in [-0.15, -0.1) is 0 Å². The summed E-state index contributed by atoms with van der Waals surface area (Å²) in [6.45, 7) is 12.3. The second kappa shape index (κ2) is 10.8. The molecule has 1 heteroatoms. The molecule has 1 nitrogen and oxygen atoms in total. The van der Waals surface area contributed by atoms with Crippen molar-refractivity contribution in [3.05, 3.63) is 12.7 Å². The summed E-state index contributed by atoms with van der Waals surface area (Å²) in [4.78, 5) is 0. The zero-order valence-corrected chi connectivity index (χ0v) is 12.5. The molecule has 0 aromatic carbocycles. The fourth-order valence-electron chi connectivity index (χ4n) is 2.42. The standard InChI is InChI=1S/C16H34N/c1-5-8-10-11-12-13-16-17(4,14-7-3)15-9-6-2/h7H,3,5-6,8-16H2,1-2,4H3/q+1. The lowest BCUT2D eigenvalue weighted by molar-refractivity contribution is -0.904. The summed E-state index contributed by atoms with van der Waals surface area (Å²) in [5.41, 5.74) is 0. The zero-order valence-electron chi connectivity index (χ0n) is 12.5. The average Bonchev–Trinajstić information content (AvgIpc) is 2.32. The Balaban J connectivity index is 3.71. The number of likely N-dealkylation sites (N-methyl/N-ethyl adjacent to an activating group) is 1. The Labute approximate surface area is 109 Å². The molecule has 0 saturated heterocycles. The molecule has 0 N–H and O–H groups in total. The van der Waals surface area contributed by atoms with Gasteiger partial charge in [0.1, 0.15) is 0 Å². The maximum atomic E-state index is 3.91. The maximum Gasteiger partial charge on any atom is 0.0969 e. The second-order valence-corrected chi connectivity index (χ2v) is 5.66. The van der Waals surface area contributed by atoms with Crippen LogP contribution in [-0.4, -0.2) is 31.2 Å². The van der Waals surface area contributed by atoms with Gasteiger partial charge in [-0.25, -0.2) is 0 Å². The summed E-state index contributed by atoms with van der Waals surface area (Å²) in [6.07, 6.45) is 13.2. The van der Waals surface area contributed by atoms with Gasteiger partial charge in [0, 0.05) is 0 Å². The first-order valence-corrected chi connectivity index (χ1v) is 7.63. The molecule has 0 aliphatic carbocycles. The van der Waals surface area contributed by atoms with E-state index in [-0.39, 0.29) is 0 Å². The van der Waals surface area contributed by atoms with Crippen LogP contribution in [0.25, 0.3) is 0 Å². The van der Waals surface area contributed by atoms with Gasteiger partial charge in [-0.2, -0.15) is 0 Å². The highest BCUT2D eigenvalue weighted by Crippen LogP contribution is 2.11. The Morgan fingerprint density at radius 1 is 0.824 bits per heavy atom. The summed E-state index contributed by atoms with van der Waals surface area (Å²) in [5, 5.41) is 0. The molecule has 0 aromatic rings. The molecule has 0 fully saturated rings. The summed E-state index contributed by atoms with van der Waals surface area (Å²) in [6, 6.07) is 0.